The number of anilines is 1. The first-order chi connectivity index (χ1) is 16.3. The first-order valence-corrected chi connectivity index (χ1v) is 10.8. The van der Waals surface area contributed by atoms with E-state index in [1.807, 2.05) is 0 Å². The van der Waals surface area contributed by atoms with Crippen LogP contribution in [0.25, 0.3) is 10.8 Å². The van der Waals surface area contributed by atoms with Crippen molar-refractivity contribution < 1.29 is 28.2 Å². The summed E-state index contributed by atoms with van der Waals surface area (Å²) >= 11 is 5.91. The fourth-order valence-electron chi connectivity index (χ4n) is 3.75. The standard InChI is InChI=1S/C23H21ClF2N4O4/c24-21-14(2-1-3-19(21)26)10-28-22(32)30-11-18(31)8-17(30)12-34-23(33)29-20-7-15-6-16(25)5-4-13(15)9-27-20/h1-7,9,17-18,31H,8,10-12H2,(H,28,32)(H,27,29,33)/t17-,18+/m0/s1. The van der Waals surface area contributed by atoms with Crippen LogP contribution in [0.15, 0.2) is 48.7 Å². The van der Waals surface area contributed by atoms with Crippen LogP contribution in [0.4, 0.5) is 24.2 Å². The number of β-amino-alcohol motifs (C(OH)–C–C–N with tert-alkyl or cyclic N) is 1. The molecule has 0 aliphatic carbocycles. The monoisotopic (exact) mass is 490 g/mol. The number of likely N-dealkylation sites (tertiary alicyclic amines) is 1. The number of benzene rings is 2. The summed E-state index contributed by atoms with van der Waals surface area (Å²) in [6.07, 6.45) is 0.123. The van der Waals surface area contributed by atoms with Gasteiger partial charge in [0.1, 0.15) is 24.1 Å². The second-order valence-corrected chi connectivity index (χ2v) is 8.23. The first-order valence-electron chi connectivity index (χ1n) is 10.4. The molecule has 1 saturated heterocycles. The third-order valence-corrected chi connectivity index (χ3v) is 5.86. The number of pyridine rings is 1. The molecule has 4 rings (SSSR count). The number of hydrogen-bond donors (Lipinski definition) is 3. The number of nitrogens with one attached hydrogen (secondary N) is 2. The van der Waals surface area contributed by atoms with Crippen LogP contribution in [-0.4, -0.2) is 52.4 Å². The predicted molar refractivity (Wildman–Crippen MR) is 121 cm³/mol. The van der Waals surface area contributed by atoms with E-state index in [4.69, 9.17) is 16.3 Å². The molecule has 1 aromatic heterocycles. The Labute approximate surface area is 198 Å². The minimum Gasteiger partial charge on any atom is -0.447 e. The normalized spacial score (nSPS) is 17.6. The highest BCUT2D eigenvalue weighted by Gasteiger charge is 2.35. The smallest absolute Gasteiger partial charge is 0.412 e. The highest BCUT2D eigenvalue weighted by molar-refractivity contribution is 6.31. The van der Waals surface area contributed by atoms with Crippen LogP contribution in [0.3, 0.4) is 0 Å². The Bertz CT molecular complexity index is 1230. The molecule has 8 nitrogen and oxygen atoms in total. The Hall–Kier alpha value is -3.50. The van der Waals surface area contributed by atoms with Crippen molar-refractivity contribution in [3.63, 3.8) is 0 Å². The number of aliphatic hydroxyl groups is 1. The summed E-state index contributed by atoms with van der Waals surface area (Å²) in [5, 5.41) is 16.3. The van der Waals surface area contributed by atoms with E-state index in [9.17, 15) is 23.5 Å². The second-order valence-electron chi connectivity index (χ2n) is 7.85. The van der Waals surface area contributed by atoms with Crippen LogP contribution in [0.1, 0.15) is 12.0 Å². The average molecular weight is 491 g/mol. The second kappa shape index (κ2) is 10.2. The Kier molecular flexibility index (Phi) is 7.09. The number of fused-ring (bicyclic) bond motifs is 1. The van der Waals surface area contributed by atoms with Crippen LogP contribution in [-0.2, 0) is 11.3 Å². The molecule has 0 bridgehead atoms. The molecule has 0 radical (unpaired) electrons. The number of halogens is 3. The fourth-order valence-corrected chi connectivity index (χ4v) is 3.94. The van der Waals surface area contributed by atoms with Crippen molar-refractivity contribution in [1.82, 2.24) is 15.2 Å². The van der Waals surface area contributed by atoms with Crippen molar-refractivity contribution in [1.29, 1.82) is 0 Å². The maximum absolute atomic E-state index is 13.6. The average Bonchev–Trinajstić information content (AvgIpc) is 3.19. The molecule has 11 heteroatoms. The third kappa shape index (κ3) is 5.52. The molecule has 0 unspecified atom stereocenters. The molecule has 34 heavy (non-hydrogen) atoms. The van der Waals surface area contributed by atoms with Gasteiger partial charge in [0.2, 0.25) is 0 Å². The summed E-state index contributed by atoms with van der Waals surface area (Å²) in [5.74, 6) is -0.825. The number of aromatic nitrogens is 1. The largest absolute Gasteiger partial charge is 0.447 e. The van der Waals surface area contributed by atoms with Crippen LogP contribution < -0.4 is 10.6 Å². The molecule has 1 aliphatic heterocycles. The number of carbonyl (C=O) groups excluding carboxylic acids is 2. The fraction of sp³-hybridized carbons (Fsp3) is 0.261. The highest BCUT2D eigenvalue weighted by atomic mass is 35.5. The van der Waals surface area contributed by atoms with E-state index in [0.717, 1.165) is 0 Å². The van der Waals surface area contributed by atoms with Gasteiger partial charge in [0.05, 0.1) is 17.2 Å². The zero-order valence-electron chi connectivity index (χ0n) is 17.8. The van der Waals surface area contributed by atoms with E-state index in [2.05, 4.69) is 15.6 Å². The van der Waals surface area contributed by atoms with Crippen molar-refractivity contribution in [2.24, 2.45) is 0 Å². The molecular formula is C23H21ClF2N4O4. The van der Waals surface area contributed by atoms with Crippen molar-refractivity contribution in [3.8, 4) is 0 Å². The van der Waals surface area contributed by atoms with E-state index in [-0.39, 0.29) is 37.0 Å². The van der Waals surface area contributed by atoms with E-state index < -0.39 is 35.9 Å². The minimum absolute atomic E-state index is 0.00961. The highest BCUT2D eigenvalue weighted by Crippen LogP contribution is 2.22. The molecule has 178 valence electrons. The zero-order valence-corrected chi connectivity index (χ0v) is 18.6. The van der Waals surface area contributed by atoms with Gasteiger partial charge in [0, 0.05) is 24.7 Å². The van der Waals surface area contributed by atoms with Crippen molar-refractivity contribution >= 4 is 40.3 Å². The Morgan fingerprint density at radius 2 is 2.03 bits per heavy atom. The third-order valence-electron chi connectivity index (χ3n) is 5.44. The lowest BCUT2D eigenvalue weighted by molar-refractivity contribution is 0.123. The van der Waals surface area contributed by atoms with Gasteiger partial charge in [-0.25, -0.2) is 23.4 Å². The lowest BCUT2D eigenvalue weighted by Gasteiger charge is -2.24. The summed E-state index contributed by atoms with van der Waals surface area (Å²) < 4.78 is 32.2. The first kappa shape index (κ1) is 23.7. The van der Waals surface area contributed by atoms with Crippen molar-refractivity contribution in [2.45, 2.75) is 25.1 Å². The molecule has 3 N–H and O–H groups in total. The molecule has 1 fully saturated rings. The summed E-state index contributed by atoms with van der Waals surface area (Å²) in [4.78, 5) is 30.3. The SMILES string of the molecule is O=C(Nc1cc2cc(F)ccc2cn1)OC[C@@H]1C[C@@H](O)CN1C(=O)NCc1cccc(F)c1Cl. The van der Waals surface area contributed by atoms with Gasteiger partial charge in [-0.1, -0.05) is 23.7 Å². The van der Waals surface area contributed by atoms with Gasteiger partial charge in [-0.2, -0.15) is 0 Å². The number of hydrogen-bond acceptors (Lipinski definition) is 5. The molecule has 0 spiro atoms. The van der Waals surface area contributed by atoms with Gasteiger partial charge in [-0.15, -0.1) is 0 Å². The minimum atomic E-state index is -0.809. The number of ether oxygens (including phenoxy) is 1. The molecule has 2 atom stereocenters. The molecule has 2 heterocycles. The van der Waals surface area contributed by atoms with Crippen LogP contribution in [0.5, 0.6) is 0 Å². The van der Waals surface area contributed by atoms with E-state index in [1.54, 1.807) is 12.1 Å². The lowest BCUT2D eigenvalue weighted by Crippen LogP contribution is -2.45. The topological polar surface area (TPSA) is 104 Å². The summed E-state index contributed by atoms with van der Waals surface area (Å²) in [6, 6.07) is 8.93. The lowest BCUT2D eigenvalue weighted by atomic mass is 10.2. The number of rotatable bonds is 5. The molecule has 3 amide bonds. The van der Waals surface area contributed by atoms with E-state index >= 15 is 0 Å². The van der Waals surface area contributed by atoms with Gasteiger partial charge in [0.25, 0.3) is 0 Å². The van der Waals surface area contributed by atoms with Crippen LogP contribution in [0.2, 0.25) is 5.02 Å². The maximum Gasteiger partial charge on any atom is 0.412 e. The molecule has 3 aromatic rings. The molecular weight excluding hydrogens is 470 g/mol. The maximum atomic E-state index is 13.6. The number of urea groups is 1. The Balaban J connectivity index is 1.32. The van der Waals surface area contributed by atoms with Crippen LogP contribution >= 0.6 is 11.6 Å². The van der Waals surface area contributed by atoms with Gasteiger partial charge in [-0.3, -0.25) is 5.32 Å². The number of carbonyl (C=O) groups is 2. The summed E-state index contributed by atoms with van der Waals surface area (Å²) in [5.41, 5.74) is 0.407. The summed E-state index contributed by atoms with van der Waals surface area (Å²) in [6.45, 7) is -0.125. The van der Waals surface area contributed by atoms with Crippen molar-refractivity contribution in [2.75, 3.05) is 18.5 Å². The Morgan fingerprint density at radius 1 is 1.21 bits per heavy atom. The predicted octanol–water partition coefficient (Wildman–Crippen LogP) is 4.06. The van der Waals surface area contributed by atoms with Crippen molar-refractivity contribution in [3.05, 3.63) is 70.9 Å². The number of nitrogens with zero attached hydrogens (tertiary/aromatic N) is 2. The molecule has 0 saturated carbocycles. The van der Waals surface area contributed by atoms with Gasteiger partial charge in [0.15, 0.2) is 0 Å². The van der Waals surface area contributed by atoms with Crippen LogP contribution in [0, 0.1) is 11.6 Å². The van der Waals surface area contributed by atoms with E-state index in [1.165, 1.54) is 41.4 Å². The Morgan fingerprint density at radius 3 is 2.85 bits per heavy atom. The number of aliphatic hydroxyl groups excluding tert-OH is 1. The summed E-state index contributed by atoms with van der Waals surface area (Å²) in [7, 11) is 0. The molecule has 1 aliphatic rings. The quantitative estimate of drug-likeness (QED) is 0.500. The van der Waals surface area contributed by atoms with Gasteiger partial charge >= 0.3 is 12.1 Å². The zero-order chi connectivity index (χ0) is 24.2. The molecule has 2 aromatic carbocycles. The van der Waals surface area contributed by atoms with E-state index in [0.29, 0.717) is 16.3 Å². The number of amides is 3. The van der Waals surface area contributed by atoms with Gasteiger partial charge < -0.3 is 20.1 Å². The van der Waals surface area contributed by atoms with Gasteiger partial charge in [-0.05, 0) is 47.7 Å².